The van der Waals surface area contributed by atoms with Crippen LogP contribution in [0.4, 0.5) is 0 Å². The predicted molar refractivity (Wildman–Crippen MR) is 87.9 cm³/mol. The van der Waals surface area contributed by atoms with Gasteiger partial charge in [0.2, 0.25) is 0 Å². The highest BCUT2D eigenvalue weighted by Crippen LogP contribution is 2.33. The average Bonchev–Trinajstić information content (AvgIpc) is 2.75. The van der Waals surface area contributed by atoms with Crippen LogP contribution in [0.5, 0.6) is 0 Å². The summed E-state index contributed by atoms with van der Waals surface area (Å²) in [6.45, 7) is 2.03. The lowest BCUT2D eigenvalue weighted by molar-refractivity contribution is -0.137. The Morgan fingerprint density at radius 3 is 2.74 bits per heavy atom. The van der Waals surface area contributed by atoms with Gasteiger partial charge in [-0.1, -0.05) is 31.2 Å². The van der Waals surface area contributed by atoms with Crippen LogP contribution in [0, 0.1) is 11.8 Å². The molecule has 3 N–H and O–H groups in total. The SMILES string of the molecule is CC/C=C\C[C@@H]1[C@H](O)CC(=O)[C@@H]1/C=C/[C@H](O)CCCCC(=O)O. The average molecular weight is 324 g/mol. The molecule has 5 nitrogen and oxygen atoms in total. The van der Waals surface area contributed by atoms with E-state index >= 15 is 0 Å². The fourth-order valence-corrected chi connectivity index (χ4v) is 2.92. The van der Waals surface area contributed by atoms with Crippen molar-refractivity contribution >= 4 is 11.8 Å². The van der Waals surface area contributed by atoms with Crippen LogP contribution in [0.1, 0.15) is 51.9 Å². The van der Waals surface area contributed by atoms with Gasteiger partial charge in [0, 0.05) is 24.7 Å². The number of aliphatic hydroxyl groups excluding tert-OH is 2. The standard InChI is InChI=1S/C18H28O5/c1-2-3-4-8-14-15(17(21)12-16(14)20)11-10-13(19)7-5-6-9-18(22)23/h3-4,10-11,13-16,19-20H,2,5-9,12H2,1H3,(H,22,23)/b4-3-,11-10+/t13-,14+,15-,16-/m1/s1. The summed E-state index contributed by atoms with van der Waals surface area (Å²) >= 11 is 0. The number of rotatable bonds is 10. The van der Waals surface area contributed by atoms with Gasteiger partial charge < -0.3 is 15.3 Å². The Kier molecular flexibility index (Phi) is 8.81. The van der Waals surface area contributed by atoms with E-state index < -0.39 is 18.2 Å². The molecule has 0 aromatic rings. The van der Waals surface area contributed by atoms with Gasteiger partial charge in [0.1, 0.15) is 5.78 Å². The van der Waals surface area contributed by atoms with Gasteiger partial charge in [0.05, 0.1) is 12.2 Å². The zero-order chi connectivity index (χ0) is 17.2. The number of carbonyl (C=O) groups is 2. The second-order valence-electron chi connectivity index (χ2n) is 6.13. The number of Topliss-reactive ketones (excluding diaryl/α,β-unsaturated/α-hetero) is 1. The maximum atomic E-state index is 12.0. The summed E-state index contributed by atoms with van der Waals surface area (Å²) in [5.74, 6) is -1.29. The van der Waals surface area contributed by atoms with Crippen molar-refractivity contribution in [3.8, 4) is 0 Å². The highest BCUT2D eigenvalue weighted by atomic mass is 16.4. The Morgan fingerprint density at radius 1 is 1.35 bits per heavy atom. The summed E-state index contributed by atoms with van der Waals surface area (Å²) < 4.78 is 0. The van der Waals surface area contributed by atoms with E-state index in [4.69, 9.17) is 5.11 Å². The third-order valence-corrected chi connectivity index (χ3v) is 4.23. The summed E-state index contributed by atoms with van der Waals surface area (Å²) in [6.07, 6.45) is 9.54. The number of carbonyl (C=O) groups excluding carboxylic acids is 1. The van der Waals surface area contributed by atoms with Gasteiger partial charge in [-0.15, -0.1) is 0 Å². The number of hydrogen-bond acceptors (Lipinski definition) is 4. The van der Waals surface area contributed by atoms with Crippen LogP contribution in [0.3, 0.4) is 0 Å². The number of carboxylic acid groups (broad SMARTS) is 1. The van der Waals surface area contributed by atoms with Gasteiger partial charge in [-0.2, -0.15) is 0 Å². The van der Waals surface area contributed by atoms with Crippen LogP contribution in [0.15, 0.2) is 24.3 Å². The molecule has 1 fully saturated rings. The second kappa shape index (κ2) is 10.3. The van der Waals surface area contributed by atoms with Gasteiger partial charge in [-0.25, -0.2) is 0 Å². The van der Waals surface area contributed by atoms with E-state index in [2.05, 4.69) is 0 Å². The van der Waals surface area contributed by atoms with E-state index in [1.54, 1.807) is 12.2 Å². The van der Waals surface area contributed by atoms with Crippen LogP contribution in [0.2, 0.25) is 0 Å². The molecule has 0 aromatic carbocycles. The number of allylic oxidation sites excluding steroid dienone is 3. The van der Waals surface area contributed by atoms with Crippen LogP contribution in [-0.4, -0.2) is 39.3 Å². The first-order valence-corrected chi connectivity index (χ1v) is 8.39. The second-order valence-corrected chi connectivity index (χ2v) is 6.13. The van der Waals surface area contributed by atoms with Gasteiger partial charge in [-0.3, -0.25) is 9.59 Å². The Labute approximate surface area is 137 Å². The van der Waals surface area contributed by atoms with Crippen LogP contribution >= 0.6 is 0 Å². The van der Waals surface area contributed by atoms with Crippen molar-refractivity contribution < 1.29 is 24.9 Å². The van der Waals surface area contributed by atoms with Gasteiger partial charge in [0.25, 0.3) is 0 Å². The molecule has 0 saturated heterocycles. The van der Waals surface area contributed by atoms with Crippen molar-refractivity contribution in [3.63, 3.8) is 0 Å². The molecule has 0 unspecified atom stereocenters. The summed E-state index contributed by atoms with van der Waals surface area (Å²) in [5.41, 5.74) is 0. The van der Waals surface area contributed by atoms with Crippen molar-refractivity contribution in [1.29, 1.82) is 0 Å². The highest BCUT2D eigenvalue weighted by Gasteiger charge is 2.39. The molecular formula is C18H28O5. The lowest BCUT2D eigenvalue weighted by Gasteiger charge is -2.17. The van der Waals surface area contributed by atoms with Crippen LogP contribution < -0.4 is 0 Å². The first-order valence-electron chi connectivity index (χ1n) is 8.39. The third kappa shape index (κ3) is 7.10. The largest absolute Gasteiger partial charge is 0.481 e. The van der Waals surface area contributed by atoms with E-state index in [0.29, 0.717) is 25.7 Å². The minimum Gasteiger partial charge on any atom is -0.481 e. The molecular weight excluding hydrogens is 296 g/mol. The molecule has 0 aliphatic heterocycles. The van der Waals surface area contributed by atoms with Crippen LogP contribution in [-0.2, 0) is 9.59 Å². The fourth-order valence-electron chi connectivity index (χ4n) is 2.92. The van der Waals surface area contributed by atoms with Crippen molar-refractivity contribution in [2.75, 3.05) is 0 Å². The molecule has 5 heteroatoms. The fraction of sp³-hybridized carbons (Fsp3) is 0.667. The van der Waals surface area contributed by atoms with Crippen LogP contribution in [0.25, 0.3) is 0 Å². The monoisotopic (exact) mass is 324 g/mol. The molecule has 1 aliphatic carbocycles. The predicted octanol–water partition coefficient (Wildman–Crippen LogP) is 2.47. The summed E-state index contributed by atoms with van der Waals surface area (Å²) in [4.78, 5) is 22.4. The lowest BCUT2D eigenvalue weighted by Crippen LogP contribution is -2.19. The maximum absolute atomic E-state index is 12.0. The topological polar surface area (TPSA) is 94.8 Å². The maximum Gasteiger partial charge on any atom is 0.303 e. The van der Waals surface area contributed by atoms with Crippen molar-refractivity contribution in [1.82, 2.24) is 0 Å². The first kappa shape index (κ1) is 19.6. The number of hydrogen-bond donors (Lipinski definition) is 3. The molecule has 1 rings (SSSR count). The molecule has 0 heterocycles. The Bertz CT molecular complexity index is 441. The zero-order valence-electron chi connectivity index (χ0n) is 13.7. The number of unbranched alkanes of at least 4 members (excludes halogenated alkanes) is 1. The first-order chi connectivity index (χ1) is 11.0. The molecule has 0 bridgehead atoms. The minimum absolute atomic E-state index is 0.0155. The molecule has 0 aromatic heterocycles. The van der Waals surface area contributed by atoms with Gasteiger partial charge in [0.15, 0.2) is 0 Å². The quantitative estimate of drug-likeness (QED) is 0.424. The molecule has 0 spiro atoms. The molecule has 1 saturated carbocycles. The molecule has 4 atom stereocenters. The molecule has 23 heavy (non-hydrogen) atoms. The van der Waals surface area contributed by atoms with E-state index in [9.17, 15) is 19.8 Å². The number of ketones is 1. The normalized spacial score (nSPS) is 26.4. The lowest BCUT2D eigenvalue weighted by atomic mass is 9.90. The number of aliphatic hydroxyl groups is 2. The molecule has 0 radical (unpaired) electrons. The van der Waals surface area contributed by atoms with Crippen molar-refractivity contribution in [2.45, 2.75) is 64.1 Å². The van der Waals surface area contributed by atoms with E-state index in [1.807, 2.05) is 19.1 Å². The van der Waals surface area contributed by atoms with Crippen molar-refractivity contribution in [3.05, 3.63) is 24.3 Å². The van der Waals surface area contributed by atoms with E-state index in [0.717, 1.165) is 6.42 Å². The smallest absolute Gasteiger partial charge is 0.303 e. The number of aliphatic carboxylic acids is 1. The molecule has 1 aliphatic rings. The van der Waals surface area contributed by atoms with E-state index in [-0.39, 0.29) is 30.5 Å². The van der Waals surface area contributed by atoms with Gasteiger partial charge >= 0.3 is 5.97 Å². The Hall–Kier alpha value is -1.46. The Balaban J connectivity index is 2.48. The summed E-state index contributed by atoms with van der Waals surface area (Å²) in [7, 11) is 0. The van der Waals surface area contributed by atoms with Crippen molar-refractivity contribution in [2.24, 2.45) is 11.8 Å². The molecule has 0 amide bonds. The minimum atomic E-state index is -0.830. The van der Waals surface area contributed by atoms with E-state index in [1.165, 1.54) is 0 Å². The summed E-state index contributed by atoms with van der Waals surface area (Å²) in [6, 6.07) is 0. The Morgan fingerprint density at radius 2 is 2.09 bits per heavy atom. The summed E-state index contributed by atoms with van der Waals surface area (Å²) in [5, 5.41) is 28.5. The highest BCUT2D eigenvalue weighted by molar-refractivity contribution is 5.86. The third-order valence-electron chi connectivity index (χ3n) is 4.23. The van der Waals surface area contributed by atoms with Gasteiger partial charge in [-0.05, 0) is 32.1 Å². The zero-order valence-corrected chi connectivity index (χ0v) is 13.7. The molecule has 130 valence electrons. The number of carboxylic acids is 1.